The molecular formula is C13H21N3O. The Balaban J connectivity index is 1.91. The molecule has 94 valence electrons. The van der Waals surface area contributed by atoms with Crippen molar-refractivity contribution in [1.29, 1.82) is 0 Å². The zero-order valence-corrected chi connectivity index (χ0v) is 10.4. The smallest absolute Gasteiger partial charge is 0.115 e. The van der Waals surface area contributed by atoms with Crippen LogP contribution in [-0.4, -0.2) is 27.2 Å². The van der Waals surface area contributed by atoms with Gasteiger partial charge in [-0.25, -0.2) is 9.97 Å². The number of aromatic nitrogens is 2. The van der Waals surface area contributed by atoms with E-state index >= 15 is 0 Å². The number of aliphatic hydroxyl groups is 1. The van der Waals surface area contributed by atoms with Gasteiger partial charge >= 0.3 is 0 Å². The van der Waals surface area contributed by atoms with Crippen LogP contribution >= 0.6 is 0 Å². The van der Waals surface area contributed by atoms with Gasteiger partial charge in [0.25, 0.3) is 0 Å². The Kier molecular flexibility index (Phi) is 4.07. The third-order valence-electron chi connectivity index (χ3n) is 3.82. The first-order chi connectivity index (χ1) is 8.24. The fourth-order valence-electron chi connectivity index (χ4n) is 2.41. The first-order valence-electron chi connectivity index (χ1n) is 6.35. The maximum Gasteiger partial charge on any atom is 0.115 e. The summed E-state index contributed by atoms with van der Waals surface area (Å²) in [5, 5.41) is 13.1. The highest BCUT2D eigenvalue weighted by atomic mass is 16.3. The predicted octanol–water partition coefficient (Wildman–Crippen LogP) is 1.51. The molecule has 1 fully saturated rings. The van der Waals surface area contributed by atoms with E-state index in [1.807, 2.05) is 6.07 Å². The van der Waals surface area contributed by atoms with E-state index in [2.05, 4.69) is 22.2 Å². The summed E-state index contributed by atoms with van der Waals surface area (Å²) in [6.45, 7) is 3.20. The molecule has 1 aromatic heterocycles. The van der Waals surface area contributed by atoms with Crippen molar-refractivity contribution >= 4 is 0 Å². The molecule has 2 N–H and O–H groups in total. The summed E-state index contributed by atoms with van der Waals surface area (Å²) >= 11 is 0. The summed E-state index contributed by atoms with van der Waals surface area (Å²) in [6.07, 6.45) is 7.80. The first-order valence-corrected chi connectivity index (χ1v) is 6.35. The normalized spacial score (nSPS) is 29.2. The standard InChI is InChI=1S/C13H21N3O/c1-11-2-5-13(9-17,6-3-11)16-8-12-4-7-14-10-15-12/h4,7,10-11,16-17H,2-3,5-6,8-9H2,1H3. The van der Waals surface area contributed by atoms with Gasteiger partial charge in [0.15, 0.2) is 0 Å². The molecule has 0 unspecified atom stereocenters. The van der Waals surface area contributed by atoms with E-state index in [1.165, 1.54) is 12.8 Å². The van der Waals surface area contributed by atoms with Crippen molar-refractivity contribution in [2.45, 2.75) is 44.7 Å². The van der Waals surface area contributed by atoms with Gasteiger partial charge in [-0.15, -0.1) is 0 Å². The second-order valence-corrected chi connectivity index (χ2v) is 5.18. The highest BCUT2D eigenvalue weighted by Gasteiger charge is 2.32. The monoisotopic (exact) mass is 235 g/mol. The van der Waals surface area contributed by atoms with Crippen molar-refractivity contribution < 1.29 is 5.11 Å². The molecule has 1 aliphatic rings. The maximum absolute atomic E-state index is 9.61. The highest BCUT2D eigenvalue weighted by Crippen LogP contribution is 2.31. The minimum atomic E-state index is -0.0997. The van der Waals surface area contributed by atoms with Crippen LogP contribution in [0.2, 0.25) is 0 Å². The van der Waals surface area contributed by atoms with Gasteiger partial charge in [0, 0.05) is 18.3 Å². The fraction of sp³-hybridized carbons (Fsp3) is 0.692. The van der Waals surface area contributed by atoms with Gasteiger partial charge in [0.2, 0.25) is 0 Å². The second kappa shape index (κ2) is 5.56. The van der Waals surface area contributed by atoms with Gasteiger partial charge < -0.3 is 10.4 Å². The van der Waals surface area contributed by atoms with Crippen LogP contribution in [0.3, 0.4) is 0 Å². The number of hydrogen-bond donors (Lipinski definition) is 2. The molecule has 0 spiro atoms. The molecule has 0 aliphatic heterocycles. The predicted molar refractivity (Wildman–Crippen MR) is 66.3 cm³/mol. The van der Waals surface area contributed by atoms with Crippen LogP contribution < -0.4 is 5.32 Å². The van der Waals surface area contributed by atoms with E-state index in [0.717, 1.165) is 24.5 Å². The molecule has 1 aromatic rings. The van der Waals surface area contributed by atoms with Crippen molar-refractivity contribution in [1.82, 2.24) is 15.3 Å². The quantitative estimate of drug-likeness (QED) is 0.830. The lowest BCUT2D eigenvalue weighted by molar-refractivity contribution is 0.104. The Hall–Kier alpha value is -1.00. The molecule has 0 bridgehead atoms. The topological polar surface area (TPSA) is 58.0 Å². The second-order valence-electron chi connectivity index (χ2n) is 5.18. The molecule has 0 aromatic carbocycles. The van der Waals surface area contributed by atoms with E-state index < -0.39 is 0 Å². The van der Waals surface area contributed by atoms with E-state index in [-0.39, 0.29) is 12.1 Å². The van der Waals surface area contributed by atoms with Crippen LogP contribution in [0.1, 0.15) is 38.3 Å². The van der Waals surface area contributed by atoms with Gasteiger partial charge in [-0.1, -0.05) is 6.92 Å². The third-order valence-corrected chi connectivity index (χ3v) is 3.82. The molecule has 0 saturated heterocycles. The zero-order chi connectivity index (χ0) is 12.1. The third kappa shape index (κ3) is 3.23. The number of nitrogens with zero attached hydrogens (tertiary/aromatic N) is 2. The molecule has 0 radical (unpaired) electrons. The first kappa shape index (κ1) is 12.5. The van der Waals surface area contributed by atoms with Gasteiger partial charge in [0.05, 0.1) is 12.3 Å². The number of hydrogen-bond acceptors (Lipinski definition) is 4. The van der Waals surface area contributed by atoms with E-state index in [4.69, 9.17) is 0 Å². The molecule has 4 heteroatoms. The summed E-state index contributed by atoms with van der Waals surface area (Å²) in [5.74, 6) is 0.788. The van der Waals surface area contributed by atoms with E-state index in [0.29, 0.717) is 6.54 Å². The Morgan fingerprint density at radius 1 is 1.47 bits per heavy atom. The number of rotatable bonds is 4. The molecule has 0 amide bonds. The molecular weight excluding hydrogens is 214 g/mol. The van der Waals surface area contributed by atoms with Gasteiger partial charge in [-0.2, -0.15) is 0 Å². The van der Waals surface area contributed by atoms with Crippen molar-refractivity contribution in [2.24, 2.45) is 5.92 Å². The van der Waals surface area contributed by atoms with Crippen LogP contribution in [0, 0.1) is 5.92 Å². The molecule has 17 heavy (non-hydrogen) atoms. The molecule has 1 heterocycles. The highest BCUT2D eigenvalue weighted by molar-refractivity contribution is 5.00. The van der Waals surface area contributed by atoms with Crippen LogP contribution in [0.25, 0.3) is 0 Å². The van der Waals surface area contributed by atoms with Gasteiger partial charge in [-0.05, 0) is 37.7 Å². The van der Waals surface area contributed by atoms with E-state index in [1.54, 1.807) is 12.5 Å². The van der Waals surface area contributed by atoms with E-state index in [9.17, 15) is 5.11 Å². The Morgan fingerprint density at radius 3 is 2.82 bits per heavy atom. The van der Waals surface area contributed by atoms with Crippen molar-refractivity contribution in [2.75, 3.05) is 6.61 Å². The average Bonchev–Trinajstić information content (AvgIpc) is 2.40. The molecule has 2 rings (SSSR count). The summed E-state index contributed by atoms with van der Waals surface area (Å²) in [6, 6.07) is 1.91. The number of aliphatic hydroxyl groups excluding tert-OH is 1. The Labute approximate surface area is 102 Å². The van der Waals surface area contributed by atoms with Crippen LogP contribution in [0.5, 0.6) is 0 Å². The van der Waals surface area contributed by atoms with Gasteiger partial charge in [0.1, 0.15) is 6.33 Å². The van der Waals surface area contributed by atoms with Gasteiger partial charge in [-0.3, -0.25) is 0 Å². The zero-order valence-electron chi connectivity index (χ0n) is 10.4. The largest absolute Gasteiger partial charge is 0.394 e. The van der Waals surface area contributed by atoms with Crippen molar-refractivity contribution in [3.05, 3.63) is 24.3 Å². The Bertz CT molecular complexity index is 334. The van der Waals surface area contributed by atoms with Crippen molar-refractivity contribution in [3.8, 4) is 0 Å². The van der Waals surface area contributed by atoms with Crippen LogP contribution in [0.4, 0.5) is 0 Å². The van der Waals surface area contributed by atoms with Crippen LogP contribution in [0.15, 0.2) is 18.6 Å². The number of nitrogens with one attached hydrogen (secondary N) is 1. The molecule has 4 nitrogen and oxygen atoms in total. The maximum atomic E-state index is 9.61. The summed E-state index contributed by atoms with van der Waals surface area (Å²) in [5.41, 5.74) is 0.878. The minimum absolute atomic E-state index is 0.0997. The Morgan fingerprint density at radius 2 is 2.24 bits per heavy atom. The molecule has 0 atom stereocenters. The molecule has 1 aliphatic carbocycles. The summed E-state index contributed by atoms with van der Waals surface area (Å²) in [7, 11) is 0. The lowest BCUT2D eigenvalue weighted by Gasteiger charge is -2.39. The van der Waals surface area contributed by atoms with Crippen molar-refractivity contribution in [3.63, 3.8) is 0 Å². The summed E-state index contributed by atoms with van der Waals surface area (Å²) < 4.78 is 0. The minimum Gasteiger partial charge on any atom is -0.394 e. The van der Waals surface area contributed by atoms with Crippen LogP contribution in [-0.2, 0) is 6.54 Å². The lowest BCUT2D eigenvalue weighted by atomic mass is 9.77. The SMILES string of the molecule is CC1CCC(CO)(NCc2ccncn2)CC1. The lowest BCUT2D eigenvalue weighted by Crippen LogP contribution is -2.50. The molecule has 1 saturated carbocycles. The fourth-order valence-corrected chi connectivity index (χ4v) is 2.41. The average molecular weight is 235 g/mol. The summed E-state index contributed by atoms with van der Waals surface area (Å²) in [4.78, 5) is 8.09.